The third-order valence-corrected chi connectivity index (χ3v) is 3.41. The average Bonchev–Trinajstić information content (AvgIpc) is 2.46. The molecule has 0 fully saturated rings. The molecule has 0 saturated carbocycles. The highest BCUT2D eigenvalue weighted by atomic mass is 79.9. The summed E-state index contributed by atoms with van der Waals surface area (Å²) in [5, 5.41) is 0. The largest absolute Gasteiger partial charge is 0.497 e. The van der Waals surface area contributed by atoms with Gasteiger partial charge in [0, 0.05) is 28.8 Å². The number of halogens is 1. The molecule has 98 valence electrons. The van der Waals surface area contributed by atoms with Gasteiger partial charge in [0.1, 0.15) is 5.75 Å². The fourth-order valence-corrected chi connectivity index (χ4v) is 2.26. The van der Waals surface area contributed by atoms with Gasteiger partial charge in [-0.25, -0.2) is 0 Å². The molecule has 2 aromatic rings. The van der Waals surface area contributed by atoms with Crippen LogP contribution in [0.3, 0.4) is 0 Å². The number of anilines is 2. The van der Waals surface area contributed by atoms with Gasteiger partial charge in [0.25, 0.3) is 0 Å². The van der Waals surface area contributed by atoms with Crippen molar-refractivity contribution in [2.45, 2.75) is 0 Å². The predicted octanol–water partition coefficient (Wildman–Crippen LogP) is 4.04. The number of aldehydes is 1. The summed E-state index contributed by atoms with van der Waals surface area (Å²) in [5.74, 6) is 0.786. The molecule has 0 unspecified atom stereocenters. The number of hydrogen-bond acceptors (Lipinski definition) is 3. The topological polar surface area (TPSA) is 29.5 Å². The molecule has 0 bridgehead atoms. The van der Waals surface area contributed by atoms with Crippen molar-refractivity contribution in [1.29, 1.82) is 0 Å². The van der Waals surface area contributed by atoms with Crippen LogP contribution in [0, 0.1) is 0 Å². The SMILES string of the molecule is COc1cccc(N(C)c2ccc(Br)cc2C=O)c1. The Morgan fingerprint density at radius 3 is 2.68 bits per heavy atom. The van der Waals surface area contributed by atoms with E-state index in [4.69, 9.17) is 4.74 Å². The van der Waals surface area contributed by atoms with Gasteiger partial charge >= 0.3 is 0 Å². The van der Waals surface area contributed by atoms with Crippen molar-refractivity contribution < 1.29 is 9.53 Å². The number of rotatable bonds is 4. The molecular formula is C15H14BrNO2. The van der Waals surface area contributed by atoms with Crippen LogP contribution in [0.4, 0.5) is 11.4 Å². The third-order valence-electron chi connectivity index (χ3n) is 2.92. The molecule has 0 aliphatic rings. The van der Waals surface area contributed by atoms with Crippen LogP contribution in [0.5, 0.6) is 5.75 Å². The molecule has 2 rings (SSSR count). The summed E-state index contributed by atoms with van der Waals surface area (Å²) in [5.41, 5.74) is 2.45. The van der Waals surface area contributed by atoms with Crippen LogP contribution in [0.1, 0.15) is 10.4 Å². The zero-order chi connectivity index (χ0) is 13.8. The first-order valence-electron chi connectivity index (χ1n) is 5.78. The fraction of sp³-hybridized carbons (Fsp3) is 0.133. The molecule has 0 aliphatic heterocycles. The standard InChI is InChI=1S/C15H14BrNO2/c1-17(13-4-3-5-14(9-13)19-2)15-7-6-12(16)8-11(15)10-18/h3-10H,1-2H3. The Morgan fingerprint density at radius 2 is 2.00 bits per heavy atom. The number of ether oxygens (including phenoxy) is 1. The molecule has 2 aromatic carbocycles. The van der Waals surface area contributed by atoms with Gasteiger partial charge in [-0.2, -0.15) is 0 Å². The van der Waals surface area contributed by atoms with Crippen molar-refractivity contribution in [3.8, 4) is 5.75 Å². The van der Waals surface area contributed by atoms with Gasteiger partial charge in [-0.15, -0.1) is 0 Å². The van der Waals surface area contributed by atoms with Gasteiger partial charge < -0.3 is 9.64 Å². The lowest BCUT2D eigenvalue weighted by Crippen LogP contribution is -2.11. The average molecular weight is 320 g/mol. The van der Waals surface area contributed by atoms with Crippen molar-refractivity contribution in [2.24, 2.45) is 0 Å². The number of nitrogens with zero attached hydrogens (tertiary/aromatic N) is 1. The normalized spacial score (nSPS) is 10.1. The smallest absolute Gasteiger partial charge is 0.152 e. The Balaban J connectivity index is 2.43. The molecular weight excluding hydrogens is 306 g/mol. The highest BCUT2D eigenvalue weighted by molar-refractivity contribution is 9.10. The maximum Gasteiger partial charge on any atom is 0.152 e. The van der Waals surface area contributed by atoms with Crippen LogP contribution in [0.2, 0.25) is 0 Å². The van der Waals surface area contributed by atoms with E-state index in [1.165, 1.54) is 0 Å². The van der Waals surface area contributed by atoms with E-state index in [0.29, 0.717) is 5.56 Å². The van der Waals surface area contributed by atoms with E-state index in [9.17, 15) is 4.79 Å². The van der Waals surface area contributed by atoms with Crippen molar-refractivity contribution >= 4 is 33.6 Å². The Labute approximate surface area is 120 Å². The van der Waals surface area contributed by atoms with Crippen molar-refractivity contribution in [3.63, 3.8) is 0 Å². The van der Waals surface area contributed by atoms with Gasteiger partial charge in [-0.05, 0) is 30.3 Å². The van der Waals surface area contributed by atoms with E-state index in [2.05, 4.69) is 15.9 Å². The van der Waals surface area contributed by atoms with Gasteiger partial charge in [0.15, 0.2) is 6.29 Å². The van der Waals surface area contributed by atoms with E-state index in [0.717, 1.165) is 27.9 Å². The number of carbonyl (C=O) groups is 1. The van der Waals surface area contributed by atoms with Crippen LogP contribution in [-0.4, -0.2) is 20.4 Å². The molecule has 0 saturated heterocycles. The Morgan fingerprint density at radius 1 is 1.21 bits per heavy atom. The van der Waals surface area contributed by atoms with E-state index in [-0.39, 0.29) is 0 Å². The van der Waals surface area contributed by atoms with E-state index in [1.54, 1.807) is 13.2 Å². The molecule has 19 heavy (non-hydrogen) atoms. The van der Waals surface area contributed by atoms with Gasteiger partial charge in [0.05, 0.1) is 12.8 Å². The predicted molar refractivity (Wildman–Crippen MR) is 80.6 cm³/mol. The van der Waals surface area contributed by atoms with E-state index >= 15 is 0 Å². The molecule has 0 aromatic heterocycles. The first-order chi connectivity index (χ1) is 9.15. The second kappa shape index (κ2) is 5.89. The van der Waals surface area contributed by atoms with Crippen LogP contribution >= 0.6 is 15.9 Å². The van der Waals surface area contributed by atoms with Gasteiger partial charge in [-0.3, -0.25) is 4.79 Å². The van der Waals surface area contributed by atoms with Gasteiger partial charge in [-0.1, -0.05) is 22.0 Å². The minimum Gasteiger partial charge on any atom is -0.497 e. The molecule has 0 amide bonds. The lowest BCUT2D eigenvalue weighted by Gasteiger charge is -2.21. The molecule has 0 heterocycles. The summed E-state index contributed by atoms with van der Waals surface area (Å²) in [7, 11) is 3.56. The summed E-state index contributed by atoms with van der Waals surface area (Å²) < 4.78 is 6.10. The van der Waals surface area contributed by atoms with Crippen molar-refractivity contribution in [3.05, 3.63) is 52.5 Å². The first kappa shape index (κ1) is 13.6. The maximum absolute atomic E-state index is 11.2. The van der Waals surface area contributed by atoms with Crippen LogP contribution in [0.25, 0.3) is 0 Å². The minimum absolute atomic E-state index is 0.639. The van der Waals surface area contributed by atoms with Crippen molar-refractivity contribution in [1.82, 2.24) is 0 Å². The molecule has 0 N–H and O–H groups in total. The number of methoxy groups -OCH3 is 1. The number of benzene rings is 2. The maximum atomic E-state index is 11.2. The van der Waals surface area contributed by atoms with Crippen molar-refractivity contribution in [2.75, 3.05) is 19.1 Å². The molecule has 0 spiro atoms. The summed E-state index contributed by atoms with van der Waals surface area (Å²) in [6, 6.07) is 13.3. The Hall–Kier alpha value is -1.81. The van der Waals surface area contributed by atoms with Crippen LogP contribution in [0.15, 0.2) is 46.9 Å². The second-order valence-corrected chi connectivity index (χ2v) is 5.00. The summed E-state index contributed by atoms with van der Waals surface area (Å²) in [4.78, 5) is 13.1. The van der Waals surface area contributed by atoms with E-state index < -0.39 is 0 Å². The Bertz CT molecular complexity index is 598. The fourth-order valence-electron chi connectivity index (χ4n) is 1.88. The molecule has 0 atom stereocenters. The zero-order valence-electron chi connectivity index (χ0n) is 10.8. The highest BCUT2D eigenvalue weighted by Gasteiger charge is 2.10. The molecule has 0 radical (unpaired) electrons. The third kappa shape index (κ3) is 2.96. The first-order valence-corrected chi connectivity index (χ1v) is 6.57. The molecule has 3 nitrogen and oxygen atoms in total. The summed E-state index contributed by atoms with van der Waals surface area (Å²) in [6.45, 7) is 0. The molecule has 0 aliphatic carbocycles. The monoisotopic (exact) mass is 319 g/mol. The van der Waals surface area contributed by atoms with Crippen LogP contribution in [-0.2, 0) is 0 Å². The highest BCUT2D eigenvalue weighted by Crippen LogP contribution is 2.30. The summed E-state index contributed by atoms with van der Waals surface area (Å²) >= 11 is 3.37. The van der Waals surface area contributed by atoms with Gasteiger partial charge in [0.2, 0.25) is 0 Å². The zero-order valence-corrected chi connectivity index (χ0v) is 12.3. The lowest BCUT2D eigenvalue weighted by molar-refractivity contribution is 0.112. The molecule has 4 heteroatoms. The van der Waals surface area contributed by atoms with Crippen LogP contribution < -0.4 is 9.64 Å². The number of hydrogen-bond donors (Lipinski definition) is 0. The van der Waals surface area contributed by atoms with E-state index in [1.807, 2.05) is 48.3 Å². The minimum atomic E-state index is 0.639. The number of carbonyl (C=O) groups excluding carboxylic acids is 1. The quantitative estimate of drug-likeness (QED) is 0.796. The summed E-state index contributed by atoms with van der Waals surface area (Å²) in [6.07, 6.45) is 0.858. The Kier molecular flexibility index (Phi) is 4.22. The second-order valence-electron chi connectivity index (χ2n) is 4.08. The lowest BCUT2D eigenvalue weighted by atomic mass is 10.1.